The van der Waals surface area contributed by atoms with Gasteiger partial charge in [0.15, 0.2) is 5.82 Å². The minimum Gasteiger partial charge on any atom is -0.467 e. The summed E-state index contributed by atoms with van der Waals surface area (Å²) in [6, 6.07) is 3.32. The molecule has 78 valence electrons. The van der Waals surface area contributed by atoms with E-state index in [0.29, 0.717) is 11.6 Å². The number of hydrazine groups is 1. The van der Waals surface area contributed by atoms with Gasteiger partial charge < -0.3 is 4.42 Å². The number of nitrogens with zero attached hydrogens (tertiary/aromatic N) is 2. The van der Waals surface area contributed by atoms with Crippen molar-refractivity contribution in [3.8, 4) is 0 Å². The number of hydrogen-bond donors (Lipinski definition) is 2. The Hall–Kier alpha value is -1.72. The first-order valence-electron chi connectivity index (χ1n) is 4.59. The van der Waals surface area contributed by atoms with E-state index in [2.05, 4.69) is 15.4 Å². The van der Waals surface area contributed by atoms with E-state index in [1.165, 1.54) is 0 Å². The molecule has 0 aliphatic carbocycles. The van der Waals surface area contributed by atoms with Gasteiger partial charge in [-0.1, -0.05) is 0 Å². The van der Waals surface area contributed by atoms with Gasteiger partial charge in [-0.3, -0.25) is 5.84 Å². The Morgan fingerprint density at radius 3 is 2.67 bits per heavy atom. The van der Waals surface area contributed by atoms with Crippen LogP contribution in [0.2, 0.25) is 0 Å². The number of hydrogen-bond acceptors (Lipinski definition) is 5. The van der Waals surface area contributed by atoms with Crippen molar-refractivity contribution in [2.45, 2.75) is 13.0 Å². The van der Waals surface area contributed by atoms with Crippen LogP contribution in [0.3, 0.4) is 0 Å². The zero-order valence-electron chi connectivity index (χ0n) is 8.34. The van der Waals surface area contributed by atoms with Gasteiger partial charge in [0, 0.05) is 12.4 Å². The van der Waals surface area contributed by atoms with Crippen LogP contribution >= 0.6 is 0 Å². The quantitative estimate of drug-likeness (QED) is 0.574. The summed E-state index contributed by atoms with van der Waals surface area (Å²) >= 11 is 0. The lowest BCUT2D eigenvalue weighted by Gasteiger charge is -2.11. The Bertz CT molecular complexity index is 409. The van der Waals surface area contributed by atoms with Crippen LogP contribution in [0.25, 0.3) is 0 Å². The summed E-state index contributed by atoms with van der Waals surface area (Å²) in [7, 11) is 0. The second kappa shape index (κ2) is 4.20. The van der Waals surface area contributed by atoms with Gasteiger partial charge in [-0.05, 0) is 24.6 Å². The molecule has 15 heavy (non-hydrogen) atoms. The number of aryl methyl sites for hydroxylation is 1. The van der Waals surface area contributed by atoms with Crippen LogP contribution in [0.5, 0.6) is 0 Å². The Balaban J connectivity index is 2.31. The molecule has 0 spiro atoms. The van der Waals surface area contributed by atoms with E-state index >= 15 is 0 Å². The van der Waals surface area contributed by atoms with Gasteiger partial charge in [0.2, 0.25) is 0 Å². The highest BCUT2D eigenvalue weighted by atomic mass is 16.3. The Kier molecular flexibility index (Phi) is 2.75. The topological polar surface area (TPSA) is 77.0 Å². The van der Waals surface area contributed by atoms with Crippen molar-refractivity contribution in [2.24, 2.45) is 5.84 Å². The molecule has 0 aliphatic rings. The van der Waals surface area contributed by atoms with Gasteiger partial charge in [-0.25, -0.2) is 15.4 Å². The molecule has 0 bridgehead atoms. The zero-order chi connectivity index (χ0) is 10.7. The van der Waals surface area contributed by atoms with Crippen molar-refractivity contribution in [1.82, 2.24) is 15.4 Å². The molecule has 5 nitrogen and oxygen atoms in total. The molecule has 1 atom stereocenters. The standard InChI is InChI=1S/C10H12N4O/c1-7-5-12-10(13-6-7)9(14-11)8-3-2-4-15-8/h2-6,9,14H,11H2,1H3. The normalized spacial score (nSPS) is 12.7. The fourth-order valence-corrected chi connectivity index (χ4v) is 1.29. The molecule has 3 N–H and O–H groups in total. The molecule has 2 heterocycles. The van der Waals surface area contributed by atoms with E-state index in [9.17, 15) is 0 Å². The Morgan fingerprint density at radius 1 is 1.40 bits per heavy atom. The molecule has 5 heteroatoms. The molecule has 0 aliphatic heterocycles. The average molecular weight is 204 g/mol. The van der Waals surface area contributed by atoms with Crippen LogP contribution in [0.1, 0.15) is 23.2 Å². The molecule has 0 saturated carbocycles. The minimum atomic E-state index is -0.305. The number of rotatable bonds is 3. The van der Waals surface area contributed by atoms with Gasteiger partial charge >= 0.3 is 0 Å². The van der Waals surface area contributed by atoms with E-state index in [-0.39, 0.29) is 6.04 Å². The van der Waals surface area contributed by atoms with Crippen LogP contribution in [0, 0.1) is 6.92 Å². The smallest absolute Gasteiger partial charge is 0.154 e. The van der Waals surface area contributed by atoms with Gasteiger partial charge in [-0.2, -0.15) is 0 Å². The van der Waals surface area contributed by atoms with E-state index in [4.69, 9.17) is 10.3 Å². The first-order valence-corrected chi connectivity index (χ1v) is 4.59. The first-order chi connectivity index (χ1) is 7.31. The second-order valence-electron chi connectivity index (χ2n) is 3.23. The summed E-state index contributed by atoms with van der Waals surface area (Å²) in [4.78, 5) is 8.38. The largest absolute Gasteiger partial charge is 0.467 e. The van der Waals surface area contributed by atoms with Gasteiger partial charge in [0.1, 0.15) is 11.8 Å². The fourth-order valence-electron chi connectivity index (χ4n) is 1.29. The van der Waals surface area contributed by atoms with Gasteiger partial charge in [0.05, 0.1) is 6.26 Å². The molecule has 2 aromatic heterocycles. The molecule has 1 unspecified atom stereocenters. The highest BCUT2D eigenvalue weighted by Gasteiger charge is 2.17. The predicted molar refractivity (Wildman–Crippen MR) is 54.6 cm³/mol. The first kappa shape index (κ1) is 9.82. The summed E-state index contributed by atoms with van der Waals surface area (Å²) in [6.45, 7) is 1.93. The van der Waals surface area contributed by atoms with Crippen LogP contribution in [-0.2, 0) is 0 Å². The number of aromatic nitrogens is 2. The Labute approximate surface area is 87.3 Å². The average Bonchev–Trinajstić information content (AvgIpc) is 2.75. The lowest BCUT2D eigenvalue weighted by molar-refractivity contribution is 0.441. The number of nitrogens with two attached hydrogens (primary N) is 1. The van der Waals surface area contributed by atoms with Crippen LogP contribution in [-0.4, -0.2) is 9.97 Å². The monoisotopic (exact) mass is 204 g/mol. The molecule has 2 aromatic rings. The third kappa shape index (κ3) is 2.03. The summed E-state index contributed by atoms with van der Waals surface area (Å²) in [5, 5.41) is 0. The third-order valence-electron chi connectivity index (χ3n) is 2.05. The van der Waals surface area contributed by atoms with Crippen LogP contribution in [0.15, 0.2) is 35.2 Å². The second-order valence-corrected chi connectivity index (χ2v) is 3.23. The molecule has 0 radical (unpaired) electrons. The van der Waals surface area contributed by atoms with E-state index in [1.54, 1.807) is 24.7 Å². The summed E-state index contributed by atoms with van der Waals surface area (Å²) < 4.78 is 5.25. The number of nitrogens with one attached hydrogen (secondary N) is 1. The minimum absolute atomic E-state index is 0.305. The summed E-state index contributed by atoms with van der Waals surface area (Å²) in [5.41, 5.74) is 3.63. The highest BCUT2D eigenvalue weighted by Crippen LogP contribution is 2.17. The van der Waals surface area contributed by atoms with Crippen molar-refractivity contribution >= 4 is 0 Å². The van der Waals surface area contributed by atoms with E-state index in [0.717, 1.165) is 5.56 Å². The van der Waals surface area contributed by atoms with Crippen molar-refractivity contribution in [3.63, 3.8) is 0 Å². The third-order valence-corrected chi connectivity index (χ3v) is 2.05. The van der Waals surface area contributed by atoms with E-state index < -0.39 is 0 Å². The lowest BCUT2D eigenvalue weighted by Crippen LogP contribution is -2.29. The molecule has 0 saturated heterocycles. The number of furan rings is 1. The SMILES string of the molecule is Cc1cnc(C(NN)c2ccco2)nc1. The fraction of sp³-hybridized carbons (Fsp3) is 0.200. The molecule has 2 rings (SSSR count). The maximum atomic E-state index is 5.44. The van der Waals surface area contributed by atoms with Crippen molar-refractivity contribution in [2.75, 3.05) is 0 Å². The lowest BCUT2D eigenvalue weighted by atomic mass is 10.2. The maximum absolute atomic E-state index is 5.44. The highest BCUT2D eigenvalue weighted by molar-refractivity contribution is 5.15. The van der Waals surface area contributed by atoms with Crippen molar-refractivity contribution in [1.29, 1.82) is 0 Å². The molecule has 0 aromatic carbocycles. The van der Waals surface area contributed by atoms with Crippen LogP contribution in [0.4, 0.5) is 0 Å². The van der Waals surface area contributed by atoms with Gasteiger partial charge in [0.25, 0.3) is 0 Å². The molecular weight excluding hydrogens is 192 g/mol. The summed E-state index contributed by atoms with van der Waals surface area (Å²) in [6.07, 6.45) is 5.08. The molecular formula is C10H12N4O. The predicted octanol–water partition coefficient (Wildman–Crippen LogP) is 0.931. The molecule has 0 amide bonds. The van der Waals surface area contributed by atoms with Crippen LogP contribution < -0.4 is 11.3 Å². The van der Waals surface area contributed by atoms with Gasteiger partial charge in [-0.15, -0.1) is 0 Å². The Morgan fingerprint density at radius 2 is 2.13 bits per heavy atom. The maximum Gasteiger partial charge on any atom is 0.154 e. The van der Waals surface area contributed by atoms with Crippen molar-refractivity contribution < 1.29 is 4.42 Å². The zero-order valence-corrected chi connectivity index (χ0v) is 8.34. The molecule has 0 fully saturated rings. The van der Waals surface area contributed by atoms with Crippen molar-refractivity contribution in [3.05, 3.63) is 47.9 Å². The van der Waals surface area contributed by atoms with E-state index in [1.807, 2.05) is 13.0 Å². The summed E-state index contributed by atoms with van der Waals surface area (Å²) in [5.74, 6) is 6.74.